The lowest BCUT2D eigenvalue weighted by Gasteiger charge is -2.35. The quantitative estimate of drug-likeness (QED) is 0.518. The summed E-state index contributed by atoms with van der Waals surface area (Å²) in [5, 5.41) is 7.50. The van der Waals surface area contributed by atoms with E-state index in [2.05, 4.69) is 36.1 Å². The van der Waals surface area contributed by atoms with Crippen LogP contribution >= 0.6 is 0 Å². The number of nitrogens with zero attached hydrogens (tertiary/aromatic N) is 1. The largest absolute Gasteiger partial charge is 0.477 e. The second-order valence-electron chi connectivity index (χ2n) is 10.00. The highest BCUT2D eigenvalue weighted by atomic mass is 19.3. The van der Waals surface area contributed by atoms with E-state index in [4.69, 9.17) is 10.8 Å². The van der Waals surface area contributed by atoms with Gasteiger partial charge in [0.05, 0.1) is 0 Å². The van der Waals surface area contributed by atoms with E-state index in [1.54, 1.807) is 0 Å². The summed E-state index contributed by atoms with van der Waals surface area (Å²) in [4.78, 5) is 12.1. The standard InChI is InChI=1S/C23H38N2.C3H4F2O2/c1-19-7-9-22(10-8-19)17-25(16-21-5-3-2-4-6-21)18-23-13-11-20(15-24)12-14-23;1-3(4,5)2(6)7/h7-10,20-21,23H,2-6,11-18,24H2,1H3;1H3,(H,6,7). The summed E-state index contributed by atoms with van der Waals surface area (Å²) in [5.74, 6) is -3.07. The summed E-state index contributed by atoms with van der Waals surface area (Å²) in [6.07, 6.45) is 12.7. The Bertz CT molecular complexity index is 661. The monoisotopic (exact) mass is 452 g/mol. The minimum atomic E-state index is -3.58. The summed E-state index contributed by atoms with van der Waals surface area (Å²) in [7, 11) is 0. The van der Waals surface area contributed by atoms with Crippen molar-refractivity contribution < 1.29 is 18.7 Å². The van der Waals surface area contributed by atoms with Gasteiger partial charge in [-0.25, -0.2) is 4.79 Å². The maximum absolute atomic E-state index is 11.2. The molecule has 2 aliphatic carbocycles. The van der Waals surface area contributed by atoms with E-state index in [-0.39, 0.29) is 0 Å². The first-order chi connectivity index (χ1) is 15.2. The highest BCUT2D eigenvalue weighted by Gasteiger charge is 2.31. The molecule has 0 bridgehead atoms. The van der Waals surface area contributed by atoms with Crippen molar-refractivity contribution in [2.24, 2.45) is 23.5 Å². The second-order valence-corrected chi connectivity index (χ2v) is 10.00. The molecule has 4 nitrogen and oxygen atoms in total. The van der Waals surface area contributed by atoms with Crippen LogP contribution in [0.5, 0.6) is 0 Å². The molecular weight excluding hydrogens is 410 g/mol. The van der Waals surface area contributed by atoms with Crippen molar-refractivity contribution in [3.63, 3.8) is 0 Å². The molecule has 2 fully saturated rings. The third-order valence-electron chi connectivity index (χ3n) is 6.96. The van der Waals surface area contributed by atoms with Gasteiger partial charge in [0.15, 0.2) is 0 Å². The highest BCUT2D eigenvalue weighted by Crippen LogP contribution is 2.30. The number of alkyl halides is 2. The molecule has 3 N–H and O–H groups in total. The number of carbonyl (C=O) groups is 1. The molecule has 0 aliphatic heterocycles. The highest BCUT2D eigenvalue weighted by molar-refractivity contribution is 5.74. The fourth-order valence-electron chi connectivity index (χ4n) is 4.91. The number of halogens is 2. The van der Waals surface area contributed by atoms with Gasteiger partial charge in [-0.15, -0.1) is 0 Å². The first-order valence-corrected chi connectivity index (χ1v) is 12.3. The molecule has 0 heterocycles. The lowest BCUT2D eigenvalue weighted by atomic mass is 9.81. The van der Waals surface area contributed by atoms with Gasteiger partial charge in [-0.2, -0.15) is 8.78 Å². The smallest absolute Gasteiger partial charge is 0.374 e. The topological polar surface area (TPSA) is 66.6 Å². The van der Waals surface area contributed by atoms with Crippen LogP contribution in [0.15, 0.2) is 24.3 Å². The van der Waals surface area contributed by atoms with E-state index in [0.717, 1.165) is 30.8 Å². The van der Waals surface area contributed by atoms with Gasteiger partial charge in [-0.1, -0.05) is 49.1 Å². The molecule has 32 heavy (non-hydrogen) atoms. The van der Waals surface area contributed by atoms with Crippen LogP contribution < -0.4 is 5.73 Å². The fraction of sp³-hybridized carbons (Fsp3) is 0.731. The molecule has 0 unspecified atom stereocenters. The number of hydrogen-bond donors (Lipinski definition) is 2. The van der Waals surface area contributed by atoms with Crippen molar-refractivity contribution in [3.05, 3.63) is 35.4 Å². The summed E-state index contributed by atoms with van der Waals surface area (Å²) < 4.78 is 22.5. The summed E-state index contributed by atoms with van der Waals surface area (Å²) in [5.41, 5.74) is 8.72. The Balaban J connectivity index is 0.000000451. The first kappa shape index (κ1) is 26.7. The van der Waals surface area contributed by atoms with Crippen LogP contribution in [0, 0.1) is 24.7 Å². The van der Waals surface area contributed by atoms with Gasteiger partial charge in [-0.3, -0.25) is 4.90 Å². The molecule has 1 aromatic rings. The molecule has 0 atom stereocenters. The molecule has 3 rings (SSSR count). The summed E-state index contributed by atoms with van der Waals surface area (Å²) >= 11 is 0. The molecular formula is C26H42F2N2O2. The van der Waals surface area contributed by atoms with Gasteiger partial charge in [-0.05, 0) is 75.3 Å². The number of aliphatic carboxylic acids is 1. The molecule has 182 valence electrons. The third kappa shape index (κ3) is 9.95. The Morgan fingerprint density at radius 3 is 1.91 bits per heavy atom. The van der Waals surface area contributed by atoms with Gasteiger partial charge >= 0.3 is 11.9 Å². The Hall–Kier alpha value is -1.53. The Kier molecular flexibility index (Phi) is 11.1. The van der Waals surface area contributed by atoms with Crippen molar-refractivity contribution in [2.45, 2.75) is 84.1 Å². The predicted molar refractivity (Wildman–Crippen MR) is 126 cm³/mol. The van der Waals surface area contributed by atoms with Crippen molar-refractivity contribution >= 4 is 5.97 Å². The molecule has 0 amide bonds. The lowest BCUT2D eigenvalue weighted by Crippen LogP contribution is -2.36. The Morgan fingerprint density at radius 1 is 0.969 bits per heavy atom. The van der Waals surface area contributed by atoms with E-state index in [1.807, 2.05) is 0 Å². The Labute approximate surface area is 192 Å². The molecule has 0 spiro atoms. The number of aryl methyl sites for hydroxylation is 1. The normalized spacial score (nSPS) is 22.3. The average Bonchev–Trinajstić information content (AvgIpc) is 2.76. The minimum Gasteiger partial charge on any atom is -0.477 e. The molecule has 2 saturated carbocycles. The molecule has 6 heteroatoms. The van der Waals surface area contributed by atoms with Crippen LogP contribution in [-0.2, 0) is 11.3 Å². The summed E-state index contributed by atoms with van der Waals surface area (Å²) in [6, 6.07) is 9.18. The van der Waals surface area contributed by atoms with Crippen molar-refractivity contribution in [3.8, 4) is 0 Å². The number of benzene rings is 1. The van der Waals surface area contributed by atoms with Gasteiger partial charge in [0, 0.05) is 26.6 Å². The van der Waals surface area contributed by atoms with Crippen LogP contribution in [0.2, 0.25) is 0 Å². The van der Waals surface area contributed by atoms with Gasteiger partial charge in [0.1, 0.15) is 0 Å². The molecule has 0 saturated heterocycles. The number of carboxylic acid groups (broad SMARTS) is 1. The zero-order valence-electron chi connectivity index (χ0n) is 19.9. The first-order valence-electron chi connectivity index (χ1n) is 12.3. The van der Waals surface area contributed by atoms with Gasteiger partial charge in [0.25, 0.3) is 0 Å². The fourth-order valence-corrected chi connectivity index (χ4v) is 4.91. The third-order valence-corrected chi connectivity index (χ3v) is 6.96. The van der Waals surface area contributed by atoms with Crippen LogP contribution in [0.3, 0.4) is 0 Å². The van der Waals surface area contributed by atoms with Crippen LogP contribution in [0.1, 0.15) is 75.8 Å². The van der Waals surface area contributed by atoms with E-state index in [1.165, 1.54) is 82.0 Å². The minimum absolute atomic E-state index is 0.329. The zero-order valence-corrected chi connectivity index (χ0v) is 19.9. The average molecular weight is 453 g/mol. The van der Waals surface area contributed by atoms with Crippen molar-refractivity contribution in [1.29, 1.82) is 0 Å². The van der Waals surface area contributed by atoms with E-state index < -0.39 is 11.9 Å². The lowest BCUT2D eigenvalue weighted by molar-refractivity contribution is -0.161. The van der Waals surface area contributed by atoms with Gasteiger partial charge < -0.3 is 10.8 Å². The molecule has 1 aromatic carbocycles. The molecule has 2 aliphatic rings. The van der Waals surface area contributed by atoms with E-state index >= 15 is 0 Å². The predicted octanol–water partition coefficient (Wildman–Crippen LogP) is 5.87. The maximum Gasteiger partial charge on any atom is 0.374 e. The SMILES string of the molecule is CC(F)(F)C(=O)O.Cc1ccc(CN(CC2CCCCC2)CC2CCC(CN)CC2)cc1. The van der Waals surface area contributed by atoms with Crippen molar-refractivity contribution in [2.75, 3.05) is 19.6 Å². The maximum atomic E-state index is 11.2. The van der Waals surface area contributed by atoms with E-state index in [9.17, 15) is 13.6 Å². The number of carboxylic acids is 1. The number of rotatable bonds is 8. The zero-order chi connectivity index (χ0) is 23.6. The number of nitrogens with two attached hydrogens (primary N) is 1. The summed E-state index contributed by atoms with van der Waals surface area (Å²) in [6.45, 7) is 7.14. The second kappa shape index (κ2) is 13.2. The molecule has 0 radical (unpaired) electrons. The van der Waals surface area contributed by atoms with Crippen LogP contribution in [0.25, 0.3) is 0 Å². The van der Waals surface area contributed by atoms with Crippen LogP contribution in [-0.4, -0.2) is 41.5 Å². The van der Waals surface area contributed by atoms with E-state index in [0.29, 0.717) is 6.92 Å². The molecule has 0 aromatic heterocycles. The van der Waals surface area contributed by atoms with Crippen molar-refractivity contribution in [1.82, 2.24) is 4.90 Å². The van der Waals surface area contributed by atoms with Crippen LogP contribution in [0.4, 0.5) is 8.78 Å². The Morgan fingerprint density at radius 2 is 1.44 bits per heavy atom. The number of hydrogen-bond acceptors (Lipinski definition) is 3. The van der Waals surface area contributed by atoms with Gasteiger partial charge in [0.2, 0.25) is 0 Å².